The Hall–Kier alpha value is -1.65. The van der Waals surface area contributed by atoms with E-state index in [4.69, 9.17) is 0 Å². The van der Waals surface area contributed by atoms with Crippen LogP contribution in [0, 0.1) is 5.92 Å². The summed E-state index contributed by atoms with van der Waals surface area (Å²) in [4.78, 5) is 20.2. The second-order valence-corrected chi connectivity index (χ2v) is 4.47. The molecule has 18 heavy (non-hydrogen) atoms. The molecular formula is C13H22N4O. The molecule has 0 saturated carbocycles. The molecule has 2 unspecified atom stereocenters. The van der Waals surface area contributed by atoms with Crippen molar-refractivity contribution in [1.82, 2.24) is 15.3 Å². The third-order valence-corrected chi connectivity index (χ3v) is 3.08. The highest BCUT2D eigenvalue weighted by molar-refractivity contribution is 5.92. The molecule has 0 aliphatic heterocycles. The van der Waals surface area contributed by atoms with E-state index in [1.54, 1.807) is 6.20 Å². The molecule has 5 heteroatoms. The predicted molar refractivity (Wildman–Crippen MR) is 72.6 cm³/mol. The first kappa shape index (κ1) is 14.4. The maximum atomic E-state index is 12.0. The average molecular weight is 250 g/mol. The zero-order chi connectivity index (χ0) is 13.5. The molecule has 0 fully saturated rings. The van der Waals surface area contributed by atoms with E-state index >= 15 is 0 Å². The number of amides is 1. The van der Waals surface area contributed by atoms with Gasteiger partial charge in [-0.3, -0.25) is 9.78 Å². The van der Waals surface area contributed by atoms with E-state index < -0.39 is 0 Å². The lowest BCUT2D eigenvalue weighted by molar-refractivity contribution is 0.0922. The first-order chi connectivity index (χ1) is 8.58. The van der Waals surface area contributed by atoms with Crippen molar-refractivity contribution in [2.45, 2.75) is 40.2 Å². The molecular weight excluding hydrogens is 228 g/mol. The summed E-state index contributed by atoms with van der Waals surface area (Å²) in [5.74, 6) is 0.898. The van der Waals surface area contributed by atoms with Gasteiger partial charge in [0.15, 0.2) is 0 Å². The number of anilines is 1. The zero-order valence-electron chi connectivity index (χ0n) is 11.5. The molecule has 1 rings (SSSR count). The van der Waals surface area contributed by atoms with Crippen molar-refractivity contribution in [3.63, 3.8) is 0 Å². The van der Waals surface area contributed by atoms with Gasteiger partial charge in [0.1, 0.15) is 11.5 Å². The Bertz CT molecular complexity index is 394. The number of carbonyl (C=O) groups excluding carboxylic acids is 1. The Morgan fingerprint density at radius 3 is 2.67 bits per heavy atom. The van der Waals surface area contributed by atoms with Crippen molar-refractivity contribution < 1.29 is 4.79 Å². The highest BCUT2D eigenvalue weighted by atomic mass is 16.1. The molecule has 0 aliphatic rings. The summed E-state index contributed by atoms with van der Waals surface area (Å²) in [6, 6.07) is 0.132. The van der Waals surface area contributed by atoms with Crippen LogP contribution in [-0.4, -0.2) is 28.5 Å². The summed E-state index contributed by atoms with van der Waals surface area (Å²) in [5.41, 5.74) is 0.351. The van der Waals surface area contributed by atoms with Gasteiger partial charge in [-0.25, -0.2) is 4.98 Å². The minimum Gasteiger partial charge on any atom is -0.369 e. The van der Waals surface area contributed by atoms with Crippen LogP contribution >= 0.6 is 0 Å². The van der Waals surface area contributed by atoms with Crippen LogP contribution < -0.4 is 10.6 Å². The molecule has 0 spiro atoms. The fourth-order valence-electron chi connectivity index (χ4n) is 1.52. The van der Waals surface area contributed by atoms with Crippen LogP contribution in [-0.2, 0) is 0 Å². The quantitative estimate of drug-likeness (QED) is 0.811. The molecule has 1 heterocycles. The lowest BCUT2D eigenvalue weighted by atomic mass is 10.0. The van der Waals surface area contributed by atoms with E-state index in [-0.39, 0.29) is 11.9 Å². The van der Waals surface area contributed by atoms with Gasteiger partial charge in [-0.1, -0.05) is 20.3 Å². The van der Waals surface area contributed by atoms with Crippen LogP contribution in [0.25, 0.3) is 0 Å². The van der Waals surface area contributed by atoms with E-state index in [1.165, 1.54) is 6.20 Å². The summed E-state index contributed by atoms with van der Waals surface area (Å²) >= 11 is 0. The predicted octanol–water partition coefficient (Wildman–Crippen LogP) is 2.07. The Balaban J connectivity index is 2.69. The van der Waals surface area contributed by atoms with E-state index in [9.17, 15) is 4.79 Å². The number of hydrogen-bond acceptors (Lipinski definition) is 4. The summed E-state index contributed by atoms with van der Waals surface area (Å²) in [6.07, 6.45) is 4.13. The van der Waals surface area contributed by atoms with Gasteiger partial charge in [-0.2, -0.15) is 0 Å². The number of rotatable bonds is 6. The Morgan fingerprint density at radius 1 is 1.33 bits per heavy atom. The van der Waals surface area contributed by atoms with Crippen LogP contribution in [0.4, 0.5) is 5.82 Å². The van der Waals surface area contributed by atoms with Gasteiger partial charge in [0.05, 0.1) is 12.4 Å². The first-order valence-electron chi connectivity index (χ1n) is 6.45. The highest BCUT2D eigenvalue weighted by Gasteiger charge is 2.15. The maximum absolute atomic E-state index is 12.0. The number of nitrogens with one attached hydrogen (secondary N) is 2. The molecule has 100 valence electrons. The fraction of sp³-hybridized carbons (Fsp3) is 0.615. The molecule has 2 atom stereocenters. The highest BCUT2D eigenvalue weighted by Crippen LogP contribution is 2.08. The van der Waals surface area contributed by atoms with E-state index in [2.05, 4.69) is 34.4 Å². The number of nitrogens with zero attached hydrogens (tertiary/aromatic N) is 2. The van der Waals surface area contributed by atoms with Crippen LogP contribution in [0.2, 0.25) is 0 Å². The minimum absolute atomic E-state index is 0.132. The molecule has 1 aromatic rings. The molecule has 2 N–H and O–H groups in total. The van der Waals surface area contributed by atoms with Crippen molar-refractivity contribution in [2.75, 3.05) is 11.9 Å². The van der Waals surface area contributed by atoms with Crippen LogP contribution in [0.15, 0.2) is 12.4 Å². The molecule has 0 bridgehead atoms. The summed E-state index contributed by atoms with van der Waals surface area (Å²) in [5, 5.41) is 5.98. The molecule has 5 nitrogen and oxygen atoms in total. The largest absolute Gasteiger partial charge is 0.369 e. The third-order valence-electron chi connectivity index (χ3n) is 3.08. The van der Waals surface area contributed by atoms with Crippen molar-refractivity contribution in [1.29, 1.82) is 0 Å². The van der Waals surface area contributed by atoms with Gasteiger partial charge in [0.2, 0.25) is 0 Å². The number of aromatic nitrogens is 2. The number of carbonyl (C=O) groups is 1. The molecule has 0 radical (unpaired) electrons. The lowest BCUT2D eigenvalue weighted by Crippen LogP contribution is -2.37. The second-order valence-electron chi connectivity index (χ2n) is 4.47. The summed E-state index contributed by atoms with van der Waals surface area (Å²) in [7, 11) is 0. The summed E-state index contributed by atoms with van der Waals surface area (Å²) in [6.45, 7) is 8.96. The van der Waals surface area contributed by atoms with Gasteiger partial charge >= 0.3 is 0 Å². The van der Waals surface area contributed by atoms with Crippen molar-refractivity contribution in [2.24, 2.45) is 5.92 Å². The zero-order valence-corrected chi connectivity index (χ0v) is 11.5. The smallest absolute Gasteiger partial charge is 0.271 e. The topological polar surface area (TPSA) is 66.9 Å². The van der Waals surface area contributed by atoms with Gasteiger partial charge in [0, 0.05) is 12.6 Å². The van der Waals surface area contributed by atoms with E-state index in [1.807, 2.05) is 13.8 Å². The van der Waals surface area contributed by atoms with Crippen LogP contribution in [0.3, 0.4) is 0 Å². The first-order valence-corrected chi connectivity index (χ1v) is 6.45. The normalized spacial score (nSPS) is 13.8. The molecule has 0 aliphatic carbocycles. The van der Waals surface area contributed by atoms with Crippen molar-refractivity contribution in [3.8, 4) is 0 Å². The van der Waals surface area contributed by atoms with Gasteiger partial charge in [-0.05, 0) is 19.8 Å². The van der Waals surface area contributed by atoms with Gasteiger partial charge in [0.25, 0.3) is 5.91 Å². The van der Waals surface area contributed by atoms with Crippen LogP contribution in [0.5, 0.6) is 0 Å². The Kier molecular flexibility index (Phi) is 5.55. The standard InChI is InChI=1S/C13H22N4O/c1-5-9(3)10(4)16-13(18)11-7-14-8-12(17-11)15-6-2/h7-10H,5-6H2,1-4H3,(H,15,17)(H,16,18). The minimum atomic E-state index is -0.171. The molecule has 0 saturated heterocycles. The third kappa shape index (κ3) is 3.98. The molecule has 0 aromatic carbocycles. The average Bonchev–Trinajstić information content (AvgIpc) is 2.38. The fourth-order valence-corrected chi connectivity index (χ4v) is 1.52. The van der Waals surface area contributed by atoms with Crippen molar-refractivity contribution in [3.05, 3.63) is 18.1 Å². The van der Waals surface area contributed by atoms with Gasteiger partial charge in [-0.15, -0.1) is 0 Å². The Morgan fingerprint density at radius 2 is 2.06 bits per heavy atom. The van der Waals surface area contributed by atoms with Crippen LogP contribution in [0.1, 0.15) is 44.6 Å². The molecule has 1 amide bonds. The van der Waals surface area contributed by atoms with E-state index in [0.717, 1.165) is 13.0 Å². The Labute approximate surface area is 108 Å². The molecule has 1 aromatic heterocycles. The monoisotopic (exact) mass is 250 g/mol. The number of hydrogen-bond donors (Lipinski definition) is 2. The maximum Gasteiger partial charge on any atom is 0.271 e. The SMILES string of the molecule is CCNc1cncc(C(=O)NC(C)C(C)CC)n1. The lowest BCUT2D eigenvalue weighted by Gasteiger charge is -2.19. The van der Waals surface area contributed by atoms with E-state index in [0.29, 0.717) is 17.4 Å². The second kappa shape index (κ2) is 6.93. The summed E-state index contributed by atoms with van der Waals surface area (Å²) < 4.78 is 0. The van der Waals surface area contributed by atoms with Gasteiger partial charge < -0.3 is 10.6 Å². The van der Waals surface area contributed by atoms with Crippen molar-refractivity contribution >= 4 is 11.7 Å².